The maximum Gasteiger partial charge on any atom is 0.287 e. The number of amides is 2. The van der Waals surface area contributed by atoms with Gasteiger partial charge in [-0.2, -0.15) is 0 Å². The number of benzene rings is 1. The summed E-state index contributed by atoms with van der Waals surface area (Å²) < 4.78 is 25.7. The Kier molecular flexibility index (Phi) is 4.24. The van der Waals surface area contributed by atoms with Crippen molar-refractivity contribution in [2.75, 3.05) is 24.2 Å². The number of nitrogens with one attached hydrogen (secondary N) is 2. The molecular formula is C12H12F2N2O3S. The van der Waals surface area contributed by atoms with Crippen LogP contribution < -0.4 is 10.6 Å². The molecule has 3 N–H and O–H groups in total. The molecule has 0 unspecified atom stereocenters. The standard InChI is InChI=1S/C12H12F2N2O3S/c13-12(14,6-17)5-15-11(19)7-1-2-9-8(3-7)16-10(18)4-20-9/h1-3,17H,4-6H2,(H,15,19)(H,16,18). The molecule has 0 atom stereocenters. The molecule has 0 fully saturated rings. The molecule has 1 aromatic carbocycles. The third-order valence-corrected chi connectivity index (χ3v) is 3.69. The van der Waals surface area contributed by atoms with Gasteiger partial charge >= 0.3 is 0 Å². The predicted octanol–water partition coefficient (Wildman–Crippen LogP) is 1.09. The average Bonchev–Trinajstić information content (AvgIpc) is 2.44. The van der Waals surface area contributed by atoms with Crippen LogP contribution >= 0.6 is 11.8 Å². The summed E-state index contributed by atoms with van der Waals surface area (Å²) in [6.45, 7) is -2.27. The van der Waals surface area contributed by atoms with E-state index >= 15 is 0 Å². The van der Waals surface area contributed by atoms with Gasteiger partial charge in [-0.05, 0) is 18.2 Å². The molecule has 1 aromatic rings. The average molecular weight is 302 g/mol. The monoisotopic (exact) mass is 302 g/mol. The second kappa shape index (κ2) is 5.76. The molecule has 0 aromatic heterocycles. The van der Waals surface area contributed by atoms with Crippen LogP contribution in [-0.2, 0) is 4.79 Å². The largest absolute Gasteiger partial charge is 0.390 e. The Morgan fingerprint density at radius 3 is 2.95 bits per heavy atom. The van der Waals surface area contributed by atoms with Gasteiger partial charge in [0.25, 0.3) is 11.8 Å². The Morgan fingerprint density at radius 1 is 1.50 bits per heavy atom. The fraction of sp³-hybridized carbons (Fsp3) is 0.333. The summed E-state index contributed by atoms with van der Waals surface area (Å²) >= 11 is 1.34. The minimum atomic E-state index is -3.35. The van der Waals surface area contributed by atoms with Crippen LogP contribution in [0.25, 0.3) is 0 Å². The molecule has 8 heteroatoms. The number of fused-ring (bicyclic) bond motifs is 1. The molecule has 1 aliphatic heterocycles. The molecule has 0 radical (unpaired) electrons. The summed E-state index contributed by atoms with van der Waals surface area (Å²) in [4.78, 5) is 23.8. The zero-order valence-corrected chi connectivity index (χ0v) is 11.1. The van der Waals surface area contributed by atoms with E-state index in [4.69, 9.17) is 5.11 Å². The van der Waals surface area contributed by atoms with E-state index in [1.165, 1.54) is 23.9 Å². The van der Waals surface area contributed by atoms with Crippen molar-refractivity contribution in [2.24, 2.45) is 0 Å². The van der Waals surface area contributed by atoms with Crippen LogP contribution in [0.1, 0.15) is 10.4 Å². The maximum atomic E-state index is 12.8. The first-order chi connectivity index (χ1) is 9.41. The van der Waals surface area contributed by atoms with Crippen molar-refractivity contribution in [3.63, 3.8) is 0 Å². The number of carbonyl (C=O) groups excluding carboxylic acids is 2. The summed E-state index contributed by atoms with van der Waals surface area (Å²) in [5.41, 5.74) is 0.660. The normalized spacial score (nSPS) is 14.4. The number of carbonyl (C=O) groups is 2. The quantitative estimate of drug-likeness (QED) is 0.778. The maximum absolute atomic E-state index is 12.8. The van der Waals surface area contributed by atoms with E-state index in [0.29, 0.717) is 11.4 Å². The van der Waals surface area contributed by atoms with Crippen molar-refractivity contribution in [2.45, 2.75) is 10.8 Å². The number of thioether (sulfide) groups is 1. The number of aliphatic hydroxyl groups is 1. The lowest BCUT2D eigenvalue weighted by Gasteiger charge is -2.17. The summed E-state index contributed by atoms with van der Waals surface area (Å²) in [5.74, 6) is -3.91. The van der Waals surface area contributed by atoms with Gasteiger partial charge in [0.2, 0.25) is 5.91 Å². The number of alkyl halides is 2. The highest BCUT2D eigenvalue weighted by Crippen LogP contribution is 2.31. The van der Waals surface area contributed by atoms with Gasteiger partial charge in [-0.3, -0.25) is 9.59 Å². The van der Waals surface area contributed by atoms with Crippen LogP contribution in [0.15, 0.2) is 23.1 Å². The molecule has 108 valence electrons. The van der Waals surface area contributed by atoms with Crippen molar-refractivity contribution < 1.29 is 23.5 Å². The fourth-order valence-electron chi connectivity index (χ4n) is 1.59. The number of hydrogen-bond acceptors (Lipinski definition) is 4. The minimum Gasteiger partial charge on any atom is -0.390 e. The molecule has 0 saturated carbocycles. The minimum absolute atomic E-state index is 0.167. The smallest absolute Gasteiger partial charge is 0.287 e. The Bertz CT molecular complexity index is 552. The van der Waals surface area contributed by atoms with Crippen molar-refractivity contribution in [1.29, 1.82) is 0 Å². The van der Waals surface area contributed by atoms with Crippen LogP contribution in [0.5, 0.6) is 0 Å². The number of hydrogen-bond donors (Lipinski definition) is 3. The fourth-order valence-corrected chi connectivity index (χ4v) is 2.38. The zero-order valence-electron chi connectivity index (χ0n) is 10.3. The van der Waals surface area contributed by atoms with Gasteiger partial charge in [0.1, 0.15) is 6.61 Å². The highest BCUT2D eigenvalue weighted by molar-refractivity contribution is 8.00. The highest BCUT2D eigenvalue weighted by atomic mass is 32.2. The Labute approximate surface area is 117 Å². The van der Waals surface area contributed by atoms with E-state index in [9.17, 15) is 18.4 Å². The van der Waals surface area contributed by atoms with Gasteiger partial charge in [0, 0.05) is 10.5 Å². The molecule has 0 spiro atoms. The van der Waals surface area contributed by atoms with Crippen molar-refractivity contribution in [3.05, 3.63) is 23.8 Å². The molecule has 0 saturated heterocycles. The van der Waals surface area contributed by atoms with Crippen LogP contribution in [0.3, 0.4) is 0 Å². The molecule has 2 rings (SSSR count). The van der Waals surface area contributed by atoms with Gasteiger partial charge in [-0.1, -0.05) is 0 Å². The number of rotatable bonds is 4. The van der Waals surface area contributed by atoms with E-state index in [-0.39, 0.29) is 11.5 Å². The summed E-state index contributed by atoms with van der Waals surface area (Å²) in [5, 5.41) is 13.1. The summed E-state index contributed by atoms with van der Waals surface area (Å²) in [7, 11) is 0. The van der Waals surface area contributed by atoms with Gasteiger partial charge in [-0.25, -0.2) is 8.78 Å². The SMILES string of the molecule is O=C1CSc2ccc(C(=O)NCC(F)(F)CO)cc2N1. The first-order valence-electron chi connectivity index (χ1n) is 5.75. The Hall–Kier alpha value is -1.67. The lowest BCUT2D eigenvalue weighted by molar-refractivity contribution is -0.113. The van der Waals surface area contributed by atoms with E-state index in [1.54, 1.807) is 6.07 Å². The summed E-state index contributed by atoms with van der Waals surface area (Å²) in [6, 6.07) is 4.58. The molecule has 0 bridgehead atoms. The molecule has 1 heterocycles. The second-order valence-electron chi connectivity index (χ2n) is 4.24. The number of aliphatic hydroxyl groups excluding tert-OH is 1. The number of halogens is 2. The summed E-state index contributed by atoms with van der Waals surface area (Å²) in [6.07, 6.45) is 0. The second-order valence-corrected chi connectivity index (χ2v) is 5.26. The molecular weight excluding hydrogens is 290 g/mol. The van der Waals surface area contributed by atoms with E-state index in [2.05, 4.69) is 5.32 Å². The first-order valence-corrected chi connectivity index (χ1v) is 6.73. The molecule has 0 aliphatic carbocycles. The van der Waals surface area contributed by atoms with Gasteiger partial charge in [0.15, 0.2) is 0 Å². The number of anilines is 1. The van der Waals surface area contributed by atoms with Crippen molar-refractivity contribution in [1.82, 2.24) is 5.32 Å². The van der Waals surface area contributed by atoms with Crippen molar-refractivity contribution >= 4 is 29.3 Å². The van der Waals surface area contributed by atoms with Gasteiger partial charge < -0.3 is 15.7 Å². The Balaban J connectivity index is 2.08. The van der Waals surface area contributed by atoms with Crippen LogP contribution in [-0.4, -0.2) is 41.7 Å². The van der Waals surface area contributed by atoms with Gasteiger partial charge in [0.05, 0.1) is 18.0 Å². The lowest BCUT2D eigenvalue weighted by atomic mass is 10.1. The zero-order chi connectivity index (χ0) is 14.8. The van der Waals surface area contributed by atoms with E-state index in [0.717, 1.165) is 4.90 Å². The molecule has 20 heavy (non-hydrogen) atoms. The molecule has 5 nitrogen and oxygen atoms in total. The third-order valence-electron chi connectivity index (χ3n) is 2.61. The third kappa shape index (κ3) is 3.45. The first kappa shape index (κ1) is 14.7. The Morgan fingerprint density at radius 2 is 2.25 bits per heavy atom. The van der Waals surface area contributed by atoms with Crippen LogP contribution in [0, 0.1) is 0 Å². The molecule has 2 amide bonds. The predicted molar refractivity (Wildman–Crippen MR) is 70.2 cm³/mol. The molecule has 1 aliphatic rings. The van der Waals surface area contributed by atoms with E-state index < -0.39 is 25.0 Å². The van der Waals surface area contributed by atoms with Crippen molar-refractivity contribution in [3.8, 4) is 0 Å². The van der Waals surface area contributed by atoms with Crippen LogP contribution in [0.2, 0.25) is 0 Å². The van der Waals surface area contributed by atoms with Crippen LogP contribution in [0.4, 0.5) is 14.5 Å². The topological polar surface area (TPSA) is 78.4 Å². The van der Waals surface area contributed by atoms with E-state index in [1.807, 2.05) is 5.32 Å². The highest BCUT2D eigenvalue weighted by Gasteiger charge is 2.28. The lowest BCUT2D eigenvalue weighted by Crippen LogP contribution is -2.39. The van der Waals surface area contributed by atoms with Gasteiger partial charge in [-0.15, -0.1) is 11.8 Å².